The van der Waals surface area contributed by atoms with Crippen molar-refractivity contribution in [1.29, 1.82) is 0 Å². The summed E-state index contributed by atoms with van der Waals surface area (Å²) in [6, 6.07) is 1.57. The van der Waals surface area contributed by atoms with Gasteiger partial charge in [0.1, 0.15) is 11.5 Å². The molecular formula is C14H11Cl2F3N4. The molecule has 0 amide bonds. The lowest BCUT2D eigenvalue weighted by Crippen LogP contribution is -2.10. The molecule has 0 spiro atoms. The molecule has 1 aromatic heterocycles. The van der Waals surface area contributed by atoms with Gasteiger partial charge in [-0.05, 0) is 31.1 Å². The van der Waals surface area contributed by atoms with Crippen molar-refractivity contribution in [2.45, 2.75) is 20.0 Å². The van der Waals surface area contributed by atoms with Gasteiger partial charge in [0.25, 0.3) is 0 Å². The molecule has 0 fully saturated rings. The van der Waals surface area contributed by atoms with Crippen LogP contribution < -0.4 is 5.32 Å². The summed E-state index contributed by atoms with van der Waals surface area (Å²) in [5.41, 5.74) is -0.292. The normalized spacial score (nSPS) is 11.4. The van der Waals surface area contributed by atoms with Crippen molar-refractivity contribution in [2.24, 2.45) is 0 Å². The quantitative estimate of drug-likeness (QED) is 0.732. The third-order valence-corrected chi connectivity index (χ3v) is 3.68. The summed E-state index contributed by atoms with van der Waals surface area (Å²) in [7, 11) is 0. The van der Waals surface area contributed by atoms with Gasteiger partial charge in [-0.3, -0.25) is 0 Å². The van der Waals surface area contributed by atoms with E-state index in [1.807, 2.05) is 6.92 Å². The molecule has 0 atom stereocenters. The smallest absolute Gasteiger partial charge is 0.370 e. The van der Waals surface area contributed by atoms with E-state index >= 15 is 0 Å². The molecule has 0 aliphatic carbocycles. The van der Waals surface area contributed by atoms with E-state index in [0.29, 0.717) is 17.9 Å². The SMILES string of the molecule is [C-]#[N+]c1nn(-c2c(Cl)cc(C(F)(F)F)cc2Cl)c(NCC)c1C. The van der Waals surface area contributed by atoms with Crippen LogP contribution >= 0.6 is 23.2 Å². The van der Waals surface area contributed by atoms with Crippen LogP contribution in [0.4, 0.5) is 24.8 Å². The molecule has 2 aromatic rings. The molecule has 9 heteroatoms. The average molecular weight is 363 g/mol. The third-order valence-electron chi connectivity index (χ3n) is 3.10. The Bertz CT molecular complexity index is 768. The summed E-state index contributed by atoms with van der Waals surface area (Å²) in [6.45, 7) is 11.2. The Morgan fingerprint density at radius 3 is 2.30 bits per heavy atom. The first-order chi connectivity index (χ1) is 10.7. The molecule has 122 valence electrons. The van der Waals surface area contributed by atoms with Crippen molar-refractivity contribution >= 4 is 34.8 Å². The minimum atomic E-state index is -4.56. The number of alkyl halides is 3. The Balaban J connectivity index is 2.71. The number of halogens is 5. The number of nitrogens with one attached hydrogen (secondary N) is 1. The lowest BCUT2D eigenvalue weighted by Gasteiger charge is -2.13. The topological polar surface area (TPSA) is 34.2 Å². The summed E-state index contributed by atoms with van der Waals surface area (Å²) in [4.78, 5) is 3.29. The minimum absolute atomic E-state index is 0.0929. The van der Waals surface area contributed by atoms with E-state index in [1.165, 1.54) is 4.68 Å². The number of aromatic nitrogens is 2. The highest BCUT2D eigenvalue weighted by atomic mass is 35.5. The standard InChI is InChI=1S/C14H11Cl2F3N4/c1-4-21-13-7(2)12(20-3)22-23(13)11-9(15)5-8(6-10(11)16)14(17,18)19/h5-6,21H,4H2,1-2H3. The summed E-state index contributed by atoms with van der Waals surface area (Å²) in [5.74, 6) is 0.579. The van der Waals surface area contributed by atoms with E-state index in [1.54, 1.807) is 6.92 Å². The van der Waals surface area contributed by atoms with E-state index in [0.717, 1.165) is 12.1 Å². The fourth-order valence-corrected chi connectivity index (χ4v) is 2.71. The number of hydrogen-bond donors (Lipinski definition) is 1. The number of hydrogen-bond acceptors (Lipinski definition) is 2. The predicted octanol–water partition coefficient (Wildman–Crippen LogP) is 5.49. The van der Waals surface area contributed by atoms with Gasteiger partial charge in [0.15, 0.2) is 0 Å². The molecule has 0 saturated carbocycles. The van der Waals surface area contributed by atoms with E-state index in [9.17, 15) is 13.2 Å². The van der Waals surface area contributed by atoms with Gasteiger partial charge in [0.05, 0.1) is 15.6 Å². The molecule has 0 radical (unpaired) electrons. The van der Waals surface area contributed by atoms with E-state index < -0.39 is 11.7 Å². The first-order valence-electron chi connectivity index (χ1n) is 6.48. The highest BCUT2D eigenvalue weighted by molar-refractivity contribution is 6.38. The highest BCUT2D eigenvalue weighted by Crippen LogP contribution is 2.39. The van der Waals surface area contributed by atoms with Crippen LogP contribution in [-0.2, 0) is 6.18 Å². The van der Waals surface area contributed by atoms with Crippen molar-refractivity contribution in [3.63, 3.8) is 0 Å². The van der Waals surface area contributed by atoms with Crippen molar-refractivity contribution in [3.8, 4) is 5.69 Å². The Morgan fingerprint density at radius 1 is 1.30 bits per heavy atom. The van der Waals surface area contributed by atoms with Crippen LogP contribution in [-0.4, -0.2) is 16.3 Å². The molecule has 0 aliphatic rings. The molecule has 0 saturated heterocycles. The van der Waals surface area contributed by atoms with Crippen molar-refractivity contribution in [2.75, 3.05) is 11.9 Å². The molecule has 0 bridgehead atoms. The molecular weight excluding hydrogens is 352 g/mol. The second-order valence-corrected chi connectivity index (χ2v) is 5.45. The molecule has 1 aromatic carbocycles. The average Bonchev–Trinajstić information content (AvgIpc) is 2.75. The van der Waals surface area contributed by atoms with Crippen LogP contribution in [0.3, 0.4) is 0 Å². The van der Waals surface area contributed by atoms with Crippen molar-refractivity contribution in [1.82, 2.24) is 9.78 Å². The van der Waals surface area contributed by atoms with Crippen LogP contribution in [0.2, 0.25) is 10.0 Å². The molecule has 2 rings (SSSR count). The van der Waals surface area contributed by atoms with Gasteiger partial charge in [0, 0.05) is 12.1 Å². The predicted molar refractivity (Wildman–Crippen MR) is 83.7 cm³/mol. The highest BCUT2D eigenvalue weighted by Gasteiger charge is 2.33. The molecule has 4 nitrogen and oxygen atoms in total. The van der Waals surface area contributed by atoms with Crippen LogP contribution in [0.25, 0.3) is 10.5 Å². The maximum absolute atomic E-state index is 12.8. The number of rotatable bonds is 3. The minimum Gasteiger partial charge on any atom is -0.370 e. The fraction of sp³-hybridized carbons (Fsp3) is 0.286. The largest absolute Gasteiger partial charge is 0.416 e. The summed E-state index contributed by atoms with van der Waals surface area (Å²) >= 11 is 12.0. The Labute approximate surface area is 140 Å². The van der Waals surface area contributed by atoms with Gasteiger partial charge < -0.3 is 10.2 Å². The Hall–Kier alpha value is -1.91. The third kappa shape index (κ3) is 3.23. The lowest BCUT2D eigenvalue weighted by molar-refractivity contribution is -0.137. The number of anilines is 1. The first-order valence-corrected chi connectivity index (χ1v) is 7.23. The van der Waals surface area contributed by atoms with E-state index in [-0.39, 0.29) is 21.6 Å². The molecule has 23 heavy (non-hydrogen) atoms. The van der Waals surface area contributed by atoms with Crippen molar-refractivity contribution < 1.29 is 13.2 Å². The summed E-state index contributed by atoms with van der Waals surface area (Å²) < 4.78 is 39.7. The zero-order chi connectivity index (χ0) is 17.4. The van der Waals surface area contributed by atoms with Gasteiger partial charge in [-0.2, -0.15) is 13.2 Å². The summed E-state index contributed by atoms with van der Waals surface area (Å²) in [6.07, 6.45) is -4.56. The monoisotopic (exact) mass is 362 g/mol. The van der Waals surface area contributed by atoms with Gasteiger partial charge in [0.2, 0.25) is 0 Å². The second-order valence-electron chi connectivity index (χ2n) is 4.64. The fourth-order valence-electron chi connectivity index (χ4n) is 2.06. The lowest BCUT2D eigenvalue weighted by atomic mass is 10.2. The Kier molecular flexibility index (Phi) is 4.78. The van der Waals surface area contributed by atoms with Gasteiger partial charge >= 0.3 is 12.0 Å². The zero-order valence-corrected chi connectivity index (χ0v) is 13.6. The number of nitrogens with zero attached hydrogens (tertiary/aromatic N) is 3. The Morgan fingerprint density at radius 2 is 1.87 bits per heavy atom. The van der Waals surface area contributed by atoms with Crippen LogP contribution in [0, 0.1) is 13.5 Å². The molecule has 0 unspecified atom stereocenters. The van der Waals surface area contributed by atoms with E-state index in [2.05, 4.69) is 15.3 Å². The van der Waals surface area contributed by atoms with Crippen LogP contribution in [0.15, 0.2) is 12.1 Å². The second kappa shape index (κ2) is 6.30. The maximum Gasteiger partial charge on any atom is 0.416 e. The number of benzene rings is 1. The van der Waals surface area contributed by atoms with Gasteiger partial charge in [-0.15, -0.1) is 4.68 Å². The first kappa shape index (κ1) is 17.4. The summed E-state index contributed by atoms with van der Waals surface area (Å²) in [5, 5.41) is 6.68. The molecule has 0 aliphatic heterocycles. The van der Waals surface area contributed by atoms with Crippen LogP contribution in [0.1, 0.15) is 18.1 Å². The molecule has 1 N–H and O–H groups in total. The van der Waals surface area contributed by atoms with Crippen LogP contribution in [0.5, 0.6) is 0 Å². The van der Waals surface area contributed by atoms with Crippen molar-refractivity contribution in [3.05, 3.63) is 44.7 Å². The van der Waals surface area contributed by atoms with Gasteiger partial charge in [-0.25, -0.2) is 0 Å². The maximum atomic E-state index is 12.8. The van der Waals surface area contributed by atoms with E-state index in [4.69, 9.17) is 29.8 Å². The zero-order valence-electron chi connectivity index (χ0n) is 12.1. The molecule has 1 heterocycles. The van der Waals surface area contributed by atoms with Gasteiger partial charge in [-0.1, -0.05) is 29.8 Å².